The van der Waals surface area contributed by atoms with Crippen molar-refractivity contribution >= 4 is 27.9 Å². The number of fused-ring (bicyclic) bond motifs is 1. The summed E-state index contributed by atoms with van der Waals surface area (Å²) in [5.41, 5.74) is 0.672. The minimum Gasteiger partial charge on any atom is -0.326 e. The molecule has 3 rings (SSSR count). The van der Waals surface area contributed by atoms with E-state index in [0.717, 1.165) is 12.1 Å². The SMILES string of the molecule is CC.O=C1CCC(N2CCc3ccc(S(=O)(=O)F)cc3C2=O)C(=O)N1. The Hall–Kier alpha value is -2.29. The Morgan fingerprint density at radius 3 is 2.44 bits per heavy atom. The lowest BCUT2D eigenvalue weighted by molar-refractivity contribution is -0.136. The number of carbonyl (C=O) groups is 3. The number of carbonyl (C=O) groups excluding carboxylic acids is 3. The van der Waals surface area contributed by atoms with Crippen LogP contribution in [0.15, 0.2) is 23.1 Å². The Morgan fingerprint density at radius 1 is 1.16 bits per heavy atom. The van der Waals surface area contributed by atoms with E-state index in [2.05, 4.69) is 5.32 Å². The summed E-state index contributed by atoms with van der Waals surface area (Å²) in [6.07, 6.45) is 0.768. The van der Waals surface area contributed by atoms with Crippen LogP contribution in [-0.4, -0.2) is 43.6 Å². The molecule has 25 heavy (non-hydrogen) atoms. The van der Waals surface area contributed by atoms with Gasteiger partial charge in [0.2, 0.25) is 11.8 Å². The number of imide groups is 1. The second-order valence-electron chi connectivity index (χ2n) is 5.47. The summed E-state index contributed by atoms with van der Waals surface area (Å²) in [5.74, 6) is -1.47. The van der Waals surface area contributed by atoms with Gasteiger partial charge in [-0.25, -0.2) is 0 Å². The van der Waals surface area contributed by atoms with E-state index in [9.17, 15) is 26.7 Å². The highest BCUT2D eigenvalue weighted by molar-refractivity contribution is 7.86. The highest BCUT2D eigenvalue weighted by Gasteiger charge is 2.37. The lowest BCUT2D eigenvalue weighted by Crippen LogP contribution is -2.55. The lowest BCUT2D eigenvalue weighted by Gasteiger charge is -2.36. The van der Waals surface area contributed by atoms with Gasteiger partial charge in [0.1, 0.15) is 6.04 Å². The van der Waals surface area contributed by atoms with Gasteiger partial charge in [0.15, 0.2) is 0 Å². The van der Waals surface area contributed by atoms with Crippen LogP contribution in [0, 0.1) is 0 Å². The lowest BCUT2D eigenvalue weighted by atomic mass is 9.95. The predicted octanol–water partition coefficient (Wildman–Crippen LogP) is 1.17. The molecule has 1 saturated heterocycles. The molecule has 1 atom stereocenters. The van der Waals surface area contributed by atoms with E-state index >= 15 is 0 Å². The Balaban J connectivity index is 0.00000109. The molecule has 1 fully saturated rings. The van der Waals surface area contributed by atoms with Gasteiger partial charge < -0.3 is 4.90 Å². The molecule has 2 aliphatic rings. The molecule has 9 heteroatoms. The molecule has 0 radical (unpaired) electrons. The van der Waals surface area contributed by atoms with Crippen LogP contribution in [0.1, 0.15) is 42.6 Å². The molecule has 0 aliphatic carbocycles. The average molecular weight is 370 g/mol. The first-order valence-electron chi connectivity index (χ1n) is 7.99. The number of nitrogens with zero attached hydrogens (tertiary/aromatic N) is 1. The third kappa shape index (κ3) is 3.87. The van der Waals surface area contributed by atoms with Crippen LogP contribution in [0.4, 0.5) is 3.89 Å². The fourth-order valence-electron chi connectivity index (χ4n) is 2.90. The summed E-state index contributed by atoms with van der Waals surface area (Å²) in [6.45, 7) is 4.28. The number of amides is 3. The van der Waals surface area contributed by atoms with Gasteiger partial charge in [-0.05, 0) is 30.5 Å². The standard InChI is InChI=1S/C14H13FN2O5S.C2H6/c15-23(21,22)9-2-1-8-5-6-17(14(20)10(8)7-9)11-3-4-12(18)16-13(11)19;1-2/h1-2,7,11H,3-6H2,(H,16,18,19);1-2H3. The minimum atomic E-state index is -4.91. The second-order valence-corrected chi connectivity index (χ2v) is 6.82. The van der Waals surface area contributed by atoms with Gasteiger partial charge in [0, 0.05) is 18.5 Å². The molecule has 0 bridgehead atoms. The molecule has 136 valence electrons. The van der Waals surface area contributed by atoms with Crippen LogP contribution in [0.2, 0.25) is 0 Å². The van der Waals surface area contributed by atoms with Crippen molar-refractivity contribution in [1.82, 2.24) is 10.2 Å². The fourth-order valence-corrected chi connectivity index (χ4v) is 3.39. The number of hydrogen-bond acceptors (Lipinski definition) is 5. The third-order valence-electron chi connectivity index (χ3n) is 4.06. The molecule has 1 aromatic carbocycles. The van der Waals surface area contributed by atoms with Gasteiger partial charge in [-0.15, -0.1) is 3.89 Å². The number of piperidine rings is 1. The van der Waals surface area contributed by atoms with E-state index in [1.54, 1.807) is 0 Å². The van der Waals surface area contributed by atoms with Crippen LogP contribution in [0.5, 0.6) is 0 Å². The average Bonchev–Trinajstić information content (AvgIpc) is 2.57. The van der Waals surface area contributed by atoms with Crippen molar-refractivity contribution < 1.29 is 26.7 Å². The van der Waals surface area contributed by atoms with E-state index in [0.29, 0.717) is 12.0 Å². The normalized spacial score (nSPS) is 20.4. The summed E-state index contributed by atoms with van der Waals surface area (Å²) in [6, 6.07) is 2.73. The summed E-state index contributed by atoms with van der Waals surface area (Å²) < 4.78 is 35.1. The van der Waals surface area contributed by atoms with E-state index in [4.69, 9.17) is 0 Å². The van der Waals surface area contributed by atoms with Gasteiger partial charge in [-0.3, -0.25) is 19.7 Å². The molecule has 1 N–H and O–H groups in total. The zero-order valence-electron chi connectivity index (χ0n) is 13.9. The Labute approximate surface area is 145 Å². The van der Waals surface area contributed by atoms with Crippen LogP contribution in [-0.2, 0) is 26.2 Å². The molecule has 1 unspecified atom stereocenters. The van der Waals surface area contributed by atoms with Crippen molar-refractivity contribution in [3.8, 4) is 0 Å². The van der Waals surface area contributed by atoms with Gasteiger partial charge in [0.25, 0.3) is 5.91 Å². The third-order valence-corrected chi connectivity index (χ3v) is 4.88. The Kier molecular flexibility index (Phi) is 5.56. The number of benzene rings is 1. The van der Waals surface area contributed by atoms with Crippen molar-refractivity contribution in [1.29, 1.82) is 0 Å². The van der Waals surface area contributed by atoms with Crippen molar-refractivity contribution in [2.45, 2.75) is 44.0 Å². The van der Waals surface area contributed by atoms with Crippen LogP contribution >= 0.6 is 0 Å². The molecule has 0 saturated carbocycles. The van der Waals surface area contributed by atoms with Crippen LogP contribution < -0.4 is 5.32 Å². The zero-order chi connectivity index (χ0) is 18.8. The maximum absolute atomic E-state index is 13.1. The maximum Gasteiger partial charge on any atom is 0.332 e. The topological polar surface area (TPSA) is 101 Å². The molecular weight excluding hydrogens is 351 g/mol. The second kappa shape index (κ2) is 7.30. The minimum absolute atomic E-state index is 0.0691. The molecular formula is C16H19FN2O5S. The monoisotopic (exact) mass is 370 g/mol. The summed E-state index contributed by atoms with van der Waals surface area (Å²) in [5, 5.41) is 2.18. The van der Waals surface area contributed by atoms with E-state index < -0.39 is 33.0 Å². The molecule has 7 nitrogen and oxygen atoms in total. The summed E-state index contributed by atoms with van der Waals surface area (Å²) in [4.78, 5) is 36.4. The molecule has 1 aromatic rings. The van der Waals surface area contributed by atoms with Crippen LogP contribution in [0.25, 0.3) is 0 Å². The number of nitrogens with one attached hydrogen (secondary N) is 1. The number of hydrogen-bond donors (Lipinski definition) is 1. The highest BCUT2D eigenvalue weighted by atomic mass is 32.3. The van der Waals surface area contributed by atoms with Crippen molar-refractivity contribution in [2.24, 2.45) is 0 Å². The van der Waals surface area contributed by atoms with E-state index in [1.807, 2.05) is 13.8 Å². The van der Waals surface area contributed by atoms with Gasteiger partial charge in [-0.2, -0.15) is 8.42 Å². The van der Waals surface area contributed by atoms with E-state index in [-0.39, 0.29) is 30.9 Å². The number of halogens is 1. The van der Waals surface area contributed by atoms with Gasteiger partial charge in [0.05, 0.1) is 4.90 Å². The molecule has 2 heterocycles. The van der Waals surface area contributed by atoms with E-state index in [1.165, 1.54) is 11.0 Å². The zero-order valence-corrected chi connectivity index (χ0v) is 14.7. The largest absolute Gasteiger partial charge is 0.332 e. The first-order valence-corrected chi connectivity index (χ1v) is 9.38. The fraction of sp³-hybridized carbons (Fsp3) is 0.438. The quantitative estimate of drug-likeness (QED) is 0.622. The molecule has 3 amide bonds. The maximum atomic E-state index is 13.1. The predicted molar refractivity (Wildman–Crippen MR) is 87.0 cm³/mol. The molecule has 0 aromatic heterocycles. The molecule has 2 aliphatic heterocycles. The number of rotatable bonds is 2. The Morgan fingerprint density at radius 2 is 1.84 bits per heavy atom. The smallest absolute Gasteiger partial charge is 0.326 e. The molecule has 0 spiro atoms. The van der Waals surface area contributed by atoms with Gasteiger partial charge in [-0.1, -0.05) is 19.9 Å². The first kappa shape index (κ1) is 19.0. The Bertz CT molecular complexity index is 822. The van der Waals surface area contributed by atoms with Crippen molar-refractivity contribution in [3.63, 3.8) is 0 Å². The van der Waals surface area contributed by atoms with Gasteiger partial charge >= 0.3 is 10.2 Å². The van der Waals surface area contributed by atoms with Crippen molar-refractivity contribution in [2.75, 3.05) is 6.54 Å². The van der Waals surface area contributed by atoms with Crippen molar-refractivity contribution in [3.05, 3.63) is 29.3 Å². The van der Waals surface area contributed by atoms with Crippen LogP contribution in [0.3, 0.4) is 0 Å². The first-order chi connectivity index (χ1) is 11.8. The summed E-state index contributed by atoms with van der Waals surface area (Å²) in [7, 11) is -4.91. The summed E-state index contributed by atoms with van der Waals surface area (Å²) >= 11 is 0. The highest BCUT2D eigenvalue weighted by Crippen LogP contribution is 2.26.